The first-order valence-corrected chi connectivity index (χ1v) is 10.8. The Kier molecular flexibility index (Phi) is 8.21. The smallest absolute Gasteiger partial charge is 0.249 e. The monoisotopic (exact) mass is 470 g/mol. The molecule has 10 heteroatoms. The minimum atomic E-state index is 0.160. The molecule has 0 atom stereocenters. The molecule has 0 aliphatic carbocycles. The average molecular weight is 471 g/mol. The van der Waals surface area contributed by atoms with Crippen molar-refractivity contribution in [1.82, 2.24) is 19.6 Å². The first kappa shape index (κ1) is 25.2. The van der Waals surface area contributed by atoms with Crippen molar-refractivity contribution in [2.45, 2.75) is 33.1 Å². The molecule has 0 fully saturated rings. The standard InChI is InChI=1S/C23H27N5O4.CH4O/c1-13(2)22-25-17-11-15-10-16(12-18(29-4)20(15)30-5)32-23-19(17)28(22)27-21(26-23)14(3)8-7-9-24-31-6;1-2/h7-10,12-13,24H,11H2,1-6H3;2H,1H3/p+1/b9-7-,14-8+;. The van der Waals surface area contributed by atoms with E-state index in [1.54, 1.807) is 39.1 Å². The number of quaternary nitrogens is 1. The lowest BCUT2D eigenvalue weighted by molar-refractivity contribution is -0.842. The normalized spacial score (nSPS) is 12.8. The molecule has 0 saturated carbocycles. The van der Waals surface area contributed by atoms with Gasteiger partial charge >= 0.3 is 0 Å². The number of allylic oxidation sites excluding steroid dienone is 3. The summed E-state index contributed by atoms with van der Waals surface area (Å²) >= 11 is 0. The van der Waals surface area contributed by atoms with Crippen LogP contribution in [0.2, 0.25) is 0 Å². The van der Waals surface area contributed by atoms with Crippen molar-refractivity contribution in [3.8, 4) is 23.1 Å². The van der Waals surface area contributed by atoms with E-state index in [9.17, 15) is 0 Å². The molecule has 3 heterocycles. The van der Waals surface area contributed by atoms with Crippen molar-refractivity contribution >= 4 is 11.1 Å². The predicted octanol–water partition coefficient (Wildman–Crippen LogP) is 2.61. The van der Waals surface area contributed by atoms with Gasteiger partial charge in [-0.15, -0.1) is 5.10 Å². The number of rotatable bonds is 7. The van der Waals surface area contributed by atoms with Crippen LogP contribution in [0.4, 0.5) is 0 Å². The number of aliphatic hydroxyl groups excluding tert-OH is 1. The van der Waals surface area contributed by atoms with Gasteiger partial charge in [0.2, 0.25) is 5.88 Å². The van der Waals surface area contributed by atoms with Gasteiger partial charge in [0.05, 0.1) is 27.0 Å². The molecule has 1 aliphatic heterocycles. The Morgan fingerprint density at radius 2 is 1.94 bits per heavy atom. The molecule has 1 aliphatic rings. The number of hydroxylamine groups is 1. The summed E-state index contributed by atoms with van der Waals surface area (Å²) in [5.74, 6) is 3.93. The number of nitrogens with two attached hydrogens (primary N) is 1. The highest BCUT2D eigenvalue weighted by Gasteiger charge is 2.26. The zero-order valence-corrected chi connectivity index (χ0v) is 20.6. The van der Waals surface area contributed by atoms with E-state index in [4.69, 9.17) is 39.2 Å². The number of aliphatic hydroxyl groups is 1. The molecular formula is C24H32N5O5+. The molecule has 182 valence electrons. The lowest BCUT2D eigenvalue weighted by Gasteiger charge is -2.18. The second-order valence-corrected chi connectivity index (χ2v) is 7.78. The van der Waals surface area contributed by atoms with Crippen molar-refractivity contribution in [2.75, 3.05) is 28.4 Å². The van der Waals surface area contributed by atoms with Crippen molar-refractivity contribution in [3.05, 3.63) is 53.4 Å². The van der Waals surface area contributed by atoms with Gasteiger partial charge in [-0.1, -0.05) is 19.9 Å². The van der Waals surface area contributed by atoms with Crippen LogP contribution in [0.1, 0.15) is 49.6 Å². The molecule has 0 saturated heterocycles. The quantitative estimate of drug-likeness (QED) is 0.313. The van der Waals surface area contributed by atoms with E-state index >= 15 is 0 Å². The third-order valence-electron chi connectivity index (χ3n) is 5.20. The molecule has 0 unspecified atom stereocenters. The number of nitrogens with zero attached hydrogens (tertiary/aromatic N) is 4. The summed E-state index contributed by atoms with van der Waals surface area (Å²) in [4.78, 5) is 14.6. The van der Waals surface area contributed by atoms with Crippen LogP contribution in [0.5, 0.6) is 23.1 Å². The van der Waals surface area contributed by atoms with Crippen molar-refractivity contribution in [3.63, 3.8) is 0 Å². The van der Waals surface area contributed by atoms with Gasteiger partial charge in [-0.2, -0.15) is 10.5 Å². The van der Waals surface area contributed by atoms with Crippen LogP contribution in [0.15, 0.2) is 30.5 Å². The van der Waals surface area contributed by atoms with Crippen LogP contribution in [0.25, 0.3) is 11.1 Å². The van der Waals surface area contributed by atoms with Crippen LogP contribution in [-0.2, 0) is 11.3 Å². The third kappa shape index (κ3) is 4.89. The predicted molar refractivity (Wildman–Crippen MR) is 127 cm³/mol. The number of benzene rings is 1. The summed E-state index contributed by atoms with van der Waals surface area (Å²) in [7, 11) is 5.85. The number of aromatic nitrogens is 4. The van der Waals surface area contributed by atoms with Gasteiger partial charge in [-0.25, -0.2) is 14.3 Å². The van der Waals surface area contributed by atoms with Gasteiger partial charge < -0.3 is 19.3 Å². The fourth-order valence-corrected chi connectivity index (χ4v) is 3.69. The fraction of sp³-hybridized carbons (Fsp3) is 0.375. The molecule has 2 bridgehead atoms. The van der Waals surface area contributed by atoms with E-state index in [2.05, 4.69) is 13.8 Å². The topological polar surface area (TPSA) is 117 Å². The van der Waals surface area contributed by atoms with Crippen molar-refractivity contribution < 1.29 is 29.6 Å². The van der Waals surface area contributed by atoms with Crippen LogP contribution in [0.3, 0.4) is 0 Å². The number of imidazole rings is 1. The van der Waals surface area contributed by atoms with Gasteiger partial charge in [-0.3, -0.25) is 0 Å². The van der Waals surface area contributed by atoms with Crippen molar-refractivity contribution in [2.24, 2.45) is 0 Å². The molecular weight excluding hydrogens is 438 g/mol. The number of ether oxygens (including phenoxy) is 3. The number of hydrogen-bond donors (Lipinski definition) is 2. The maximum atomic E-state index is 7.00. The van der Waals surface area contributed by atoms with Gasteiger partial charge in [0.1, 0.15) is 17.8 Å². The van der Waals surface area contributed by atoms with Crippen LogP contribution in [-0.4, -0.2) is 53.1 Å². The van der Waals surface area contributed by atoms with E-state index in [-0.39, 0.29) is 5.92 Å². The number of fused-ring (bicyclic) bond motifs is 2. The molecule has 0 amide bonds. The second-order valence-electron chi connectivity index (χ2n) is 7.78. The molecule has 0 spiro atoms. The maximum absolute atomic E-state index is 7.00. The van der Waals surface area contributed by atoms with Crippen LogP contribution < -0.4 is 19.7 Å². The van der Waals surface area contributed by atoms with E-state index in [1.807, 2.05) is 29.7 Å². The van der Waals surface area contributed by atoms with E-state index < -0.39 is 0 Å². The molecule has 10 nitrogen and oxygen atoms in total. The van der Waals surface area contributed by atoms with E-state index in [0.29, 0.717) is 35.4 Å². The SMILES string of the molecule is CO.CO[NH2+]/C=C\C=C(/C)c1nc2c3c(nc(C(C)C)n3n1)Cc1cc(cc(OC)c1OC)O2. The van der Waals surface area contributed by atoms with Crippen LogP contribution >= 0.6 is 0 Å². The highest BCUT2D eigenvalue weighted by molar-refractivity contribution is 5.69. The van der Waals surface area contributed by atoms with Gasteiger partial charge in [0.25, 0.3) is 0 Å². The van der Waals surface area contributed by atoms with Gasteiger partial charge in [0.15, 0.2) is 22.8 Å². The Morgan fingerprint density at radius 3 is 2.59 bits per heavy atom. The first-order chi connectivity index (χ1) is 16.5. The zero-order chi connectivity index (χ0) is 24.8. The Bertz CT molecular complexity index is 1220. The summed E-state index contributed by atoms with van der Waals surface area (Å²) in [6, 6.07) is 3.75. The Morgan fingerprint density at radius 1 is 1.18 bits per heavy atom. The minimum absolute atomic E-state index is 0.160. The average Bonchev–Trinajstić information content (AvgIpc) is 3.20. The Hall–Kier alpha value is -3.47. The summed E-state index contributed by atoms with van der Waals surface area (Å²) in [5.41, 5.74) is 5.02. The Balaban J connectivity index is 0.00000158. The number of methoxy groups -OCH3 is 2. The lowest BCUT2D eigenvalue weighted by atomic mass is 10.1. The maximum Gasteiger partial charge on any atom is 0.249 e. The molecule has 34 heavy (non-hydrogen) atoms. The molecule has 4 rings (SSSR count). The van der Waals surface area contributed by atoms with Gasteiger partial charge in [-0.05, 0) is 24.6 Å². The van der Waals surface area contributed by atoms with Gasteiger partial charge in [0, 0.05) is 31.1 Å². The van der Waals surface area contributed by atoms with E-state index in [1.165, 1.54) is 0 Å². The summed E-state index contributed by atoms with van der Waals surface area (Å²) in [6.45, 7) is 6.14. The highest BCUT2D eigenvalue weighted by Crippen LogP contribution is 2.42. The minimum Gasteiger partial charge on any atom is -0.493 e. The lowest BCUT2D eigenvalue weighted by Crippen LogP contribution is -2.75. The summed E-state index contributed by atoms with van der Waals surface area (Å²) < 4.78 is 19.3. The fourth-order valence-electron chi connectivity index (χ4n) is 3.69. The highest BCUT2D eigenvalue weighted by atomic mass is 16.6. The summed E-state index contributed by atoms with van der Waals surface area (Å²) in [6.07, 6.45) is 6.15. The number of hydrogen-bond acceptors (Lipinski definition) is 8. The first-order valence-electron chi connectivity index (χ1n) is 10.8. The molecule has 2 aromatic heterocycles. The molecule has 3 N–H and O–H groups in total. The zero-order valence-electron chi connectivity index (χ0n) is 20.6. The summed E-state index contributed by atoms with van der Waals surface area (Å²) in [5, 5.41) is 11.8. The Labute approximate surface area is 198 Å². The third-order valence-corrected chi connectivity index (χ3v) is 5.20. The second kappa shape index (κ2) is 11.1. The molecule has 0 radical (unpaired) electrons. The molecule has 1 aromatic carbocycles. The molecule has 3 aromatic rings. The van der Waals surface area contributed by atoms with Crippen LogP contribution in [0, 0.1) is 0 Å². The van der Waals surface area contributed by atoms with E-state index in [0.717, 1.165) is 35.3 Å². The largest absolute Gasteiger partial charge is 0.493 e. The van der Waals surface area contributed by atoms with Crippen molar-refractivity contribution in [1.29, 1.82) is 0 Å².